The zero-order valence-corrected chi connectivity index (χ0v) is 30.5. The van der Waals surface area contributed by atoms with Gasteiger partial charge in [-0.25, -0.2) is 5.48 Å². The molecule has 2 aromatic heterocycles. The number of methoxy groups -OCH3 is 1. The largest absolute Gasteiger partial charge is 0.407 e. The molecule has 0 saturated carbocycles. The molecule has 0 radical (unpaired) electrons. The van der Waals surface area contributed by atoms with Gasteiger partial charge >= 0.3 is 0 Å². The van der Waals surface area contributed by atoms with Crippen LogP contribution in [0.3, 0.4) is 0 Å². The molecule has 8 heteroatoms. The number of hydrogen-bond donors (Lipinski definition) is 2. The van der Waals surface area contributed by atoms with E-state index in [0.717, 1.165) is 33.4 Å². The van der Waals surface area contributed by atoms with E-state index in [2.05, 4.69) is 113 Å². The van der Waals surface area contributed by atoms with Crippen molar-refractivity contribution in [1.82, 2.24) is 15.0 Å². The van der Waals surface area contributed by atoms with Crippen LogP contribution in [0.15, 0.2) is 97.2 Å². The van der Waals surface area contributed by atoms with Gasteiger partial charge in [-0.15, -0.1) is 0 Å². The monoisotopic (exact) mass is 663 g/mol. The lowest BCUT2D eigenvalue weighted by molar-refractivity contribution is 0.0706. The molecule has 7 nitrogen and oxygen atoms in total. The number of ether oxygens (including phenoxy) is 1. The fraction of sp³-hybridized carbons (Fsp3) is 0.350. The van der Waals surface area contributed by atoms with Gasteiger partial charge in [0.25, 0.3) is 14.2 Å². The van der Waals surface area contributed by atoms with Gasteiger partial charge in [0.2, 0.25) is 0 Å². The number of carbonyl (C=O) groups excluding carboxylic acids is 1. The quantitative estimate of drug-likeness (QED) is 0.0812. The minimum Gasteiger partial charge on any atom is -0.407 e. The van der Waals surface area contributed by atoms with Crippen LogP contribution in [0, 0.1) is 5.41 Å². The van der Waals surface area contributed by atoms with Crippen molar-refractivity contribution in [1.29, 1.82) is 0 Å². The fourth-order valence-corrected chi connectivity index (χ4v) is 11.9. The van der Waals surface area contributed by atoms with Crippen molar-refractivity contribution >= 4 is 35.5 Å². The number of fused-ring (bicyclic) bond motifs is 1. The second-order valence-corrected chi connectivity index (χ2v) is 18.7. The molecule has 5 aromatic rings. The van der Waals surface area contributed by atoms with Crippen LogP contribution in [0.2, 0.25) is 5.04 Å². The SMILES string of the molecule is CCn1c(-c2cccnc2C(C)OC)c(CC(C)(C)CO[Si](c2ccccc2)(c2ccccc2)C(C)(C)C)c2cc(C(=O)NO)ccc21. The van der Waals surface area contributed by atoms with Gasteiger partial charge in [-0.3, -0.25) is 15.0 Å². The van der Waals surface area contributed by atoms with Gasteiger partial charge < -0.3 is 13.7 Å². The number of nitrogens with one attached hydrogen (secondary N) is 1. The summed E-state index contributed by atoms with van der Waals surface area (Å²) in [5.74, 6) is -0.544. The third kappa shape index (κ3) is 6.63. The van der Waals surface area contributed by atoms with Crippen LogP contribution in [-0.4, -0.2) is 42.7 Å². The maximum Gasteiger partial charge on any atom is 0.274 e. The van der Waals surface area contributed by atoms with Crippen LogP contribution in [-0.2, 0) is 22.1 Å². The summed E-state index contributed by atoms with van der Waals surface area (Å²) in [6.45, 7) is 16.8. The molecule has 252 valence electrons. The van der Waals surface area contributed by atoms with Crippen LogP contribution in [0.25, 0.3) is 22.2 Å². The third-order valence-electron chi connectivity index (χ3n) is 9.43. The predicted molar refractivity (Wildman–Crippen MR) is 197 cm³/mol. The van der Waals surface area contributed by atoms with Gasteiger partial charge in [0.1, 0.15) is 0 Å². The van der Waals surface area contributed by atoms with Gasteiger partial charge in [0, 0.05) is 48.5 Å². The van der Waals surface area contributed by atoms with E-state index in [0.29, 0.717) is 25.1 Å². The van der Waals surface area contributed by atoms with Crippen molar-refractivity contribution in [3.05, 3.63) is 114 Å². The molecule has 0 spiro atoms. The number of aromatic nitrogens is 2. The molecular weight excluding hydrogens is 615 g/mol. The summed E-state index contributed by atoms with van der Waals surface area (Å²) in [7, 11) is -1.08. The number of carbonyl (C=O) groups is 1. The summed E-state index contributed by atoms with van der Waals surface area (Å²) in [5, 5.41) is 12.8. The fourth-order valence-electron chi connectivity index (χ4n) is 7.09. The van der Waals surface area contributed by atoms with E-state index in [1.165, 1.54) is 10.4 Å². The molecule has 3 aromatic carbocycles. The van der Waals surface area contributed by atoms with Crippen molar-refractivity contribution in [2.75, 3.05) is 13.7 Å². The van der Waals surface area contributed by atoms with E-state index in [1.807, 2.05) is 25.1 Å². The molecule has 0 aliphatic rings. The van der Waals surface area contributed by atoms with E-state index in [1.54, 1.807) is 24.9 Å². The predicted octanol–water partition coefficient (Wildman–Crippen LogP) is 7.69. The third-order valence-corrected chi connectivity index (χ3v) is 14.4. The van der Waals surface area contributed by atoms with Crippen LogP contribution < -0.4 is 15.9 Å². The highest BCUT2D eigenvalue weighted by Gasteiger charge is 2.50. The highest BCUT2D eigenvalue weighted by Crippen LogP contribution is 2.42. The Balaban J connectivity index is 1.68. The first kappa shape index (κ1) is 35.2. The van der Waals surface area contributed by atoms with Gasteiger partial charge in [0.05, 0.1) is 17.5 Å². The maximum absolute atomic E-state index is 12.6. The van der Waals surface area contributed by atoms with Crippen molar-refractivity contribution in [3.63, 3.8) is 0 Å². The number of pyridine rings is 1. The molecule has 0 aliphatic carbocycles. The minimum absolute atomic E-state index is 0.150. The van der Waals surface area contributed by atoms with E-state index >= 15 is 0 Å². The Hall–Kier alpha value is -4.08. The topological polar surface area (TPSA) is 85.6 Å². The lowest BCUT2D eigenvalue weighted by Gasteiger charge is -2.44. The Bertz CT molecular complexity index is 1820. The zero-order chi connectivity index (χ0) is 34.7. The van der Waals surface area contributed by atoms with Gasteiger partial charge in [-0.05, 0) is 77.0 Å². The second kappa shape index (κ2) is 14.2. The summed E-state index contributed by atoms with van der Waals surface area (Å²) >= 11 is 0. The Kier molecular flexibility index (Phi) is 10.4. The molecule has 0 aliphatic heterocycles. The first-order chi connectivity index (χ1) is 22.9. The molecule has 0 bridgehead atoms. The van der Waals surface area contributed by atoms with Crippen LogP contribution >= 0.6 is 0 Å². The highest BCUT2D eigenvalue weighted by atomic mass is 28.4. The molecule has 1 amide bonds. The molecule has 48 heavy (non-hydrogen) atoms. The normalized spacial score (nSPS) is 13.1. The van der Waals surface area contributed by atoms with Crippen molar-refractivity contribution in [2.45, 2.75) is 72.6 Å². The van der Waals surface area contributed by atoms with E-state index in [-0.39, 0.29) is 16.6 Å². The molecule has 2 N–H and O–H groups in total. The molecule has 0 saturated heterocycles. The number of benzene rings is 3. The Morgan fingerprint density at radius 3 is 2.10 bits per heavy atom. The molecule has 1 unspecified atom stereocenters. The average molecular weight is 664 g/mol. The average Bonchev–Trinajstić information content (AvgIpc) is 3.39. The standard InChI is InChI=1S/C40H49N3O4Si/c1-9-43-35-23-22-29(38(44)42-45)25-33(35)34(37(43)32-21-16-24-41-36(32)28(2)46-8)26-40(6,7)27-47-48(39(3,4)5,30-17-12-10-13-18-30)31-19-14-11-15-20-31/h10-25,28,45H,9,26-27H2,1-8H3,(H,42,44). The molecule has 2 heterocycles. The van der Waals surface area contributed by atoms with Gasteiger partial charge in [-0.1, -0.05) is 95.3 Å². The van der Waals surface area contributed by atoms with Gasteiger partial charge in [-0.2, -0.15) is 0 Å². The summed E-state index contributed by atoms with van der Waals surface area (Å²) in [6, 6.07) is 31.1. The van der Waals surface area contributed by atoms with E-state index in [9.17, 15) is 10.0 Å². The lowest BCUT2D eigenvalue weighted by atomic mass is 9.84. The summed E-state index contributed by atoms with van der Waals surface area (Å²) in [4.78, 5) is 17.4. The minimum atomic E-state index is -2.78. The summed E-state index contributed by atoms with van der Waals surface area (Å²) < 4.78 is 15.5. The first-order valence-corrected chi connectivity index (χ1v) is 18.6. The number of nitrogens with zero attached hydrogens (tertiary/aromatic N) is 2. The molecule has 1 atom stereocenters. The number of hydrogen-bond acceptors (Lipinski definition) is 5. The Labute approximate surface area is 286 Å². The molecule has 5 rings (SSSR count). The highest BCUT2D eigenvalue weighted by molar-refractivity contribution is 6.99. The zero-order valence-electron chi connectivity index (χ0n) is 29.5. The Morgan fingerprint density at radius 2 is 1.56 bits per heavy atom. The molecule has 0 fully saturated rings. The van der Waals surface area contributed by atoms with Gasteiger partial charge in [0.15, 0.2) is 0 Å². The molecular formula is C40H49N3O4Si. The smallest absolute Gasteiger partial charge is 0.274 e. The van der Waals surface area contributed by atoms with Crippen molar-refractivity contribution < 1.29 is 19.2 Å². The number of hydroxylamine groups is 1. The first-order valence-electron chi connectivity index (χ1n) is 16.7. The van der Waals surface area contributed by atoms with Crippen LogP contribution in [0.4, 0.5) is 0 Å². The van der Waals surface area contributed by atoms with Crippen molar-refractivity contribution in [2.24, 2.45) is 5.41 Å². The Morgan fingerprint density at radius 1 is 0.938 bits per heavy atom. The summed E-state index contributed by atoms with van der Waals surface area (Å²) in [5.41, 5.74) is 6.91. The number of aryl methyl sites for hydroxylation is 1. The number of amides is 1. The van der Waals surface area contributed by atoms with E-state index in [4.69, 9.17) is 14.1 Å². The maximum atomic E-state index is 12.6. The number of rotatable bonds is 12. The van der Waals surface area contributed by atoms with Crippen LogP contribution in [0.5, 0.6) is 0 Å². The second-order valence-electron chi connectivity index (χ2n) is 14.4. The van der Waals surface area contributed by atoms with E-state index < -0.39 is 14.2 Å². The lowest BCUT2D eigenvalue weighted by Crippen LogP contribution is -2.67. The van der Waals surface area contributed by atoms with Crippen LogP contribution in [0.1, 0.15) is 76.2 Å². The summed E-state index contributed by atoms with van der Waals surface area (Å²) in [6.07, 6.45) is 2.25. The van der Waals surface area contributed by atoms with Crippen molar-refractivity contribution in [3.8, 4) is 11.3 Å².